The number of carbonyl (C=O) groups is 1. The van der Waals surface area contributed by atoms with Crippen LogP contribution in [0.3, 0.4) is 0 Å². The molecular formula is C11H9ClN4O4. The maximum absolute atomic E-state index is 11.0. The van der Waals surface area contributed by atoms with Gasteiger partial charge in [0.15, 0.2) is 11.5 Å². The summed E-state index contributed by atoms with van der Waals surface area (Å²) < 4.78 is 1.22. The maximum Gasteiger partial charge on any atom is 0.356 e. The summed E-state index contributed by atoms with van der Waals surface area (Å²) in [6, 6.07) is 2.80. The summed E-state index contributed by atoms with van der Waals surface area (Å²) in [7, 11) is 0. The van der Waals surface area contributed by atoms with Gasteiger partial charge in [0, 0.05) is 0 Å². The molecule has 0 unspecified atom stereocenters. The molecule has 0 aliphatic carbocycles. The van der Waals surface area contributed by atoms with Gasteiger partial charge in [0.2, 0.25) is 0 Å². The Morgan fingerprint density at radius 1 is 1.45 bits per heavy atom. The van der Waals surface area contributed by atoms with E-state index in [0.29, 0.717) is 0 Å². The van der Waals surface area contributed by atoms with E-state index in [-0.39, 0.29) is 33.6 Å². The molecule has 0 atom stereocenters. The van der Waals surface area contributed by atoms with Crippen LogP contribution in [-0.2, 0) is 0 Å². The Hall–Kier alpha value is -2.48. The van der Waals surface area contributed by atoms with Crippen LogP contribution in [0.4, 0.5) is 5.69 Å². The highest BCUT2D eigenvalue weighted by molar-refractivity contribution is 6.33. The predicted octanol–water partition coefficient (Wildman–Crippen LogP) is 2.14. The predicted molar refractivity (Wildman–Crippen MR) is 69.5 cm³/mol. The smallest absolute Gasteiger partial charge is 0.356 e. The molecule has 9 heteroatoms. The molecular weight excluding hydrogens is 288 g/mol. The second-order valence-corrected chi connectivity index (χ2v) is 4.40. The van der Waals surface area contributed by atoms with Crippen LogP contribution in [0.15, 0.2) is 12.1 Å². The molecule has 104 valence electrons. The molecule has 2 aromatic rings. The van der Waals surface area contributed by atoms with Crippen LogP contribution in [0.5, 0.6) is 0 Å². The Balaban J connectivity index is 2.64. The van der Waals surface area contributed by atoms with Crippen molar-refractivity contribution in [2.24, 2.45) is 0 Å². The summed E-state index contributed by atoms with van der Waals surface area (Å²) in [6.45, 7) is 3.00. The molecule has 2 heterocycles. The fourth-order valence-electron chi connectivity index (χ4n) is 1.82. The number of aromatic carboxylic acids is 1. The molecule has 0 aliphatic rings. The van der Waals surface area contributed by atoms with Gasteiger partial charge in [0.05, 0.1) is 9.95 Å². The van der Waals surface area contributed by atoms with E-state index in [1.54, 1.807) is 0 Å². The van der Waals surface area contributed by atoms with Gasteiger partial charge in [-0.05, 0) is 26.0 Å². The highest BCUT2D eigenvalue weighted by Gasteiger charge is 2.23. The minimum Gasteiger partial charge on any atom is -0.476 e. The monoisotopic (exact) mass is 296 g/mol. The van der Waals surface area contributed by atoms with E-state index in [9.17, 15) is 14.9 Å². The summed E-state index contributed by atoms with van der Waals surface area (Å²) in [5.74, 6) is -1.13. The van der Waals surface area contributed by atoms with Crippen LogP contribution in [0, 0.1) is 24.0 Å². The van der Waals surface area contributed by atoms with Crippen molar-refractivity contribution in [1.29, 1.82) is 0 Å². The lowest BCUT2D eigenvalue weighted by molar-refractivity contribution is -0.386. The fourth-order valence-corrected chi connectivity index (χ4v) is 2.01. The third-order valence-electron chi connectivity index (χ3n) is 2.69. The van der Waals surface area contributed by atoms with Crippen molar-refractivity contribution in [3.63, 3.8) is 0 Å². The molecule has 0 bridgehead atoms. The van der Waals surface area contributed by atoms with E-state index in [1.165, 1.54) is 30.7 Å². The molecule has 0 aromatic carbocycles. The molecule has 0 fully saturated rings. The van der Waals surface area contributed by atoms with Crippen LogP contribution < -0.4 is 0 Å². The van der Waals surface area contributed by atoms with Crippen molar-refractivity contribution in [2.45, 2.75) is 13.8 Å². The van der Waals surface area contributed by atoms with Crippen LogP contribution in [0.1, 0.15) is 21.9 Å². The topological polar surface area (TPSA) is 111 Å². The molecule has 2 aromatic heterocycles. The number of aromatic nitrogens is 3. The number of hydrogen-bond acceptors (Lipinski definition) is 5. The molecule has 8 nitrogen and oxygen atoms in total. The lowest BCUT2D eigenvalue weighted by Gasteiger charge is -2.04. The minimum atomic E-state index is -1.28. The zero-order chi connectivity index (χ0) is 15.0. The van der Waals surface area contributed by atoms with Gasteiger partial charge >= 0.3 is 11.7 Å². The molecule has 0 amide bonds. The Labute approximate surface area is 117 Å². The van der Waals surface area contributed by atoms with Gasteiger partial charge in [-0.1, -0.05) is 11.6 Å². The van der Waals surface area contributed by atoms with Crippen molar-refractivity contribution in [2.75, 3.05) is 0 Å². The largest absolute Gasteiger partial charge is 0.476 e. The first kappa shape index (κ1) is 13.9. The standard InChI is InChI=1S/C11H9ClN4O4/c1-5-10(16(19)20)6(2)15(14-5)8-4-3-7(12)9(13-8)11(17)18/h3-4H,1-2H3,(H,17,18). The van der Waals surface area contributed by atoms with E-state index < -0.39 is 10.9 Å². The lowest BCUT2D eigenvalue weighted by atomic mass is 10.3. The molecule has 1 N–H and O–H groups in total. The molecule has 0 spiro atoms. The first-order valence-electron chi connectivity index (χ1n) is 5.43. The number of aryl methyl sites for hydroxylation is 1. The van der Waals surface area contributed by atoms with Crippen LogP contribution in [0.25, 0.3) is 5.82 Å². The number of carboxylic acid groups (broad SMARTS) is 1. The first-order valence-corrected chi connectivity index (χ1v) is 5.81. The maximum atomic E-state index is 11.0. The van der Waals surface area contributed by atoms with Crippen LogP contribution in [0.2, 0.25) is 5.02 Å². The molecule has 2 rings (SSSR count). The van der Waals surface area contributed by atoms with Gasteiger partial charge < -0.3 is 5.11 Å². The number of rotatable bonds is 3. The average Bonchev–Trinajstić information content (AvgIpc) is 2.65. The van der Waals surface area contributed by atoms with Crippen molar-refractivity contribution in [3.8, 4) is 5.82 Å². The summed E-state index contributed by atoms with van der Waals surface area (Å²) in [5.41, 5.74) is 0.0257. The number of pyridine rings is 1. The van der Waals surface area contributed by atoms with E-state index in [4.69, 9.17) is 16.7 Å². The third-order valence-corrected chi connectivity index (χ3v) is 2.99. The van der Waals surface area contributed by atoms with Crippen LogP contribution >= 0.6 is 11.6 Å². The van der Waals surface area contributed by atoms with Gasteiger partial charge in [-0.3, -0.25) is 10.1 Å². The van der Waals surface area contributed by atoms with Gasteiger partial charge in [0.25, 0.3) is 0 Å². The second kappa shape index (κ2) is 4.89. The molecule has 0 radical (unpaired) electrons. The van der Waals surface area contributed by atoms with Gasteiger partial charge in [-0.2, -0.15) is 5.10 Å². The van der Waals surface area contributed by atoms with E-state index in [1.807, 2.05) is 0 Å². The van der Waals surface area contributed by atoms with Gasteiger partial charge in [-0.25, -0.2) is 14.5 Å². The molecule has 0 aliphatic heterocycles. The minimum absolute atomic E-state index is 0.0164. The zero-order valence-corrected chi connectivity index (χ0v) is 11.2. The number of hydrogen-bond donors (Lipinski definition) is 1. The third kappa shape index (κ3) is 2.21. The van der Waals surface area contributed by atoms with Crippen molar-refractivity contribution >= 4 is 23.3 Å². The van der Waals surface area contributed by atoms with Crippen molar-refractivity contribution in [3.05, 3.63) is 44.4 Å². The van der Waals surface area contributed by atoms with Gasteiger partial charge in [0.1, 0.15) is 11.4 Å². The number of nitrogens with zero attached hydrogens (tertiary/aromatic N) is 4. The van der Waals surface area contributed by atoms with Crippen molar-refractivity contribution in [1.82, 2.24) is 14.8 Å². The molecule has 0 saturated carbocycles. The summed E-state index contributed by atoms with van der Waals surface area (Å²) in [6.07, 6.45) is 0. The Morgan fingerprint density at radius 2 is 2.10 bits per heavy atom. The summed E-state index contributed by atoms with van der Waals surface area (Å²) in [4.78, 5) is 25.2. The summed E-state index contributed by atoms with van der Waals surface area (Å²) >= 11 is 5.72. The Bertz CT molecular complexity index is 725. The fraction of sp³-hybridized carbons (Fsp3) is 0.182. The molecule has 0 saturated heterocycles. The molecule has 20 heavy (non-hydrogen) atoms. The van der Waals surface area contributed by atoms with Crippen molar-refractivity contribution < 1.29 is 14.8 Å². The first-order chi connectivity index (χ1) is 9.32. The normalized spacial score (nSPS) is 10.6. The average molecular weight is 297 g/mol. The van der Waals surface area contributed by atoms with E-state index >= 15 is 0 Å². The Kier molecular flexibility index (Phi) is 3.41. The number of halogens is 1. The number of nitro groups is 1. The SMILES string of the molecule is Cc1nn(-c2ccc(Cl)c(C(=O)O)n2)c(C)c1[N+](=O)[O-]. The zero-order valence-electron chi connectivity index (χ0n) is 10.5. The Morgan fingerprint density at radius 3 is 2.60 bits per heavy atom. The van der Waals surface area contributed by atoms with E-state index in [0.717, 1.165) is 0 Å². The van der Waals surface area contributed by atoms with Crippen LogP contribution in [-0.4, -0.2) is 30.8 Å². The highest BCUT2D eigenvalue weighted by Crippen LogP contribution is 2.25. The summed E-state index contributed by atoms with van der Waals surface area (Å²) in [5, 5.41) is 23.9. The lowest BCUT2D eigenvalue weighted by Crippen LogP contribution is -2.08. The van der Waals surface area contributed by atoms with Gasteiger partial charge in [-0.15, -0.1) is 0 Å². The quantitative estimate of drug-likeness (QED) is 0.686. The highest BCUT2D eigenvalue weighted by atomic mass is 35.5. The van der Waals surface area contributed by atoms with E-state index in [2.05, 4.69) is 10.1 Å². The number of carboxylic acids is 1. The second-order valence-electron chi connectivity index (χ2n) is 3.99.